The molecule has 0 spiro atoms. The average molecular weight is 782 g/mol. The van der Waals surface area contributed by atoms with E-state index < -0.39 is 0 Å². The van der Waals surface area contributed by atoms with Gasteiger partial charge in [0, 0.05) is 45.7 Å². The third kappa shape index (κ3) is 32.9. The molecule has 1 unspecified atom stereocenters. The van der Waals surface area contributed by atoms with Crippen LogP contribution in [-0.2, 0) is 23.8 Å². The van der Waals surface area contributed by atoms with Crippen LogP contribution in [0.1, 0.15) is 202 Å². The van der Waals surface area contributed by atoms with Crippen LogP contribution >= 0.6 is 0 Å². The third-order valence-electron chi connectivity index (χ3n) is 10.9. The summed E-state index contributed by atoms with van der Waals surface area (Å²) >= 11 is 0. The summed E-state index contributed by atoms with van der Waals surface area (Å²) in [5.41, 5.74) is 0. The Kier molecular flexibility index (Phi) is 39.0. The van der Waals surface area contributed by atoms with E-state index in [2.05, 4.69) is 51.3 Å². The second-order valence-electron chi connectivity index (χ2n) is 15.7. The van der Waals surface area contributed by atoms with Crippen molar-refractivity contribution in [1.82, 2.24) is 14.7 Å². The van der Waals surface area contributed by atoms with Gasteiger partial charge in [-0.05, 0) is 51.6 Å². The van der Waals surface area contributed by atoms with Crippen molar-refractivity contribution in [1.29, 1.82) is 0 Å². The zero-order chi connectivity index (χ0) is 40.6. The molecule has 0 aliphatic heterocycles. The minimum Gasteiger partial charge on any atom is -0.466 e. The maximum atomic E-state index is 13.3. The lowest BCUT2D eigenvalue weighted by Crippen LogP contribution is -2.40. The number of amides is 1. The molecular formula is C46H91N3O6. The summed E-state index contributed by atoms with van der Waals surface area (Å²) in [5.74, 6) is -0.147. The molecule has 0 rings (SSSR count). The summed E-state index contributed by atoms with van der Waals surface area (Å²) in [6.07, 6.45) is 26.7. The standard InChI is InChI=1S/C46H91N3O6/c1-7-13-17-21-22-26-32-43(31-25-19-15-9-3)45(51)54-41-38-48(37-36-47(11-5)12-6)39-42-55-46(52)49(34-28-20-16-10-4)35-29-24-27-33-44(50)53-40-30-23-18-14-8-2/h43H,7-42H2,1-6H3. The first kappa shape index (κ1) is 53.1. The maximum absolute atomic E-state index is 13.3. The molecule has 1 amide bonds. The first-order chi connectivity index (χ1) is 26.9. The van der Waals surface area contributed by atoms with Crippen molar-refractivity contribution < 1.29 is 28.6 Å². The number of rotatable bonds is 41. The van der Waals surface area contributed by atoms with Crippen molar-refractivity contribution in [3.63, 3.8) is 0 Å². The Hall–Kier alpha value is -1.87. The Labute approximate surface area is 340 Å². The van der Waals surface area contributed by atoms with Gasteiger partial charge in [-0.15, -0.1) is 0 Å². The van der Waals surface area contributed by atoms with E-state index in [0.717, 1.165) is 110 Å². The van der Waals surface area contributed by atoms with Gasteiger partial charge in [-0.1, -0.05) is 157 Å². The molecule has 0 fully saturated rings. The van der Waals surface area contributed by atoms with Gasteiger partial charge in [0.15, 0.2) is 0 Å². The number of likely N-dealkylation sites (N-methyl/N-ethyl adjacent to an activating group) is 1. The van der Waals surface area contributed by atoms with Crippen molar-refractivity contribution in [2.75, 3.05) is 72.2 Å². The normalized spacial score (nSPS) is 12.0. The van der Waals surface area contributed by atoms with Crippen LogP contribution in [-0.4, -0.2) is 105 Å². The van der Waals surface area contributed by atoms with Crippen molar-refractivity contribution in [2.24, 2.45) is 5.92 Å². The van der Waals surface area contributed by atoms with Crippen LogP contribution in [0.25, 0.3) is 0 Å². The Morgan fingerprint density at radius 3 is 1.44 bits per heavy atom. The number of esters is 2. The van der Waals surface area contributed by atoms with Crippen LogP contribution in [0.5, 0.6) is 0 Å². The van der Waals surface area contributed by atoms with Crippen LogP contribution in [0.4, 0.5) is 4.79 Å². The summed E-state index contributed by atoms with van der Waals surface area (Å²) in [7, 11) is 0. The number of hydrogen-bond donors (Lipinski definition) is 0. The second kappa shape index (κ2) is 40.3. The Balaban J connectivity index is 5.03. The predicted octanol–water partition coefficient (Wildman–Crippen LogP) is 11.6. The van der Waals surface area contributed by atoms with Gasteiger partial charge in [0.2, 0.25) is 0 Å². The van der Waals surface area contributed by atoms with E-state index in [9.17, 15) is 14.4 Å². The number of nitrogens with zero attached hydrogens (tertiary/aromatic N) is 3. The first-order valence-electron chi connectivity index (χ1n) is 23.5. The van der Waals surface area contributed by atoms with Gasteiger partial charge in [-0.25, -0.2) is 4.79 Å². The number of carbonyl (C=O) groups excluding carboxylic acids is 3. The number of unbranched alkanes of at least 4 members (excludes halogenated alkanes) is 17. The van der Waals surface area contributed by atoms with E-state index in [1.54, 1.807) is 0 Å². The summed E-state index contributed by atoms with van der Waals surface area (Å²) in [5, 5.41) is 0. The van der Waals surface area contributed by atoms with Crippen LogP contribution < -0.4 is 0 Å². The molecule has 0 saturated heterocycles. The topological polar surface area (TPSA) is 88.6 Å². The fourth-order valence-corrected chi connectivity index (χ4v) is 7.01. The predicted molar refractivity (Wildman–Crippen MR) is 231 cm³/mol. The van der Waals surface area contributed by atoms with E-state index in [0.29, 0.717) is 52.4 Å². The summed E-state index contributed by atoms with van der Waals surface area (Å²) in [6, 6.07) is 0. The van der Waals surface area contributed by atoms with Gasteiger partial charge in [-0.3, -0.25) is 14.5 Å². The highest BCUT2D eigenvalue weighted by molar-refractivity contribution is 5.72. The van der Waals surface area contributed by atoms with Crippen LogP contribution in [0.2, 0.25) is 0 Å². The second-order valence-corrected chi connectivity index (χ2v) is 15.7. The molecule has 1 atom stereocenters. The lowest BCUT2D eigenvalue weighted by Gasteiger charge is -2.27. The SMILES string of the molecule is CCCCCCCCC(CCCCCC)C(=O)OCCN(CCOC(=O)N(CCCCCC)CCCCCC(=O)OCCCCCCC)CCN(CC)CC. The molecule has 0 bridgehead atoms. The van der Waals surface area contributed by atoms with E-state index in [-0.39, 0.29) is 23.9 Å². The molecule has 0 aliphatic rings. The highest BCUT2D eigenvalue weighted by Crippen LogP contribution is 2.20. The van der Waals surface area contributed by atoms with Gasteiger partial charge in [0.1, 0.15) is 13.2 Å². The Morgan fingerprint density at radius 2 is 0.873 bits per heavy atom. The number of hydrogen-bond acceptors (Lipinski definition) is 8. The lowest BCUT2D eigenvalue weighted by molar-refractivity contribution is -0.149. The monoisotopic (exact) mass is 782 g/mol. The largest absolute Gasteiger partial charge is 0.466 e. The average Bonchev–Trinajstić information content (AvgIpc) is 3.18. The molecule has 326 valence electrons. The minimum absolute atomic E-state index is 0.00431. The number of carbonyl (C=O) groups is 3. The quantitative estimate of drug-likeness (QED) is 0.0344. The molecule has 0 N–H and O–H groups in total. The highest BCUT2D eigenvalue weighted by Gasteiger charge is 2.21. The molecule has 0 aromatic carbocycles. The van der Waals surface area contributed by atoms with E-state index in [1.807, 2.05) is 4.90 Å². The minimum atomic E-state index is -0.255. The van der Waals surface area contributed by atoms with Gasteiger partial charge in [0.05, 0.1) is 12.5 Å². The van der Waals surface area contributed by atoms with E-state index >= 15 is 0 Å². The molecule has 0 saturated carbocycles. The fraction of sp³-hybridized carbons (Fsp3) is 0.935. The van der Waals surface area contributed by atoms with Crippen molar-refractivity contribution >= 4 is 18.0 Å². The smallest absolute Gasteiger partial charge is 0.409 e. The first-order valence-corrected chi connectivity index (χ1v) is 23.5. The van der Waals surface area contributed by atoms with Crippen molar-refractivity contribution in [2.45, 2.75) is 202 Å². The van der Waals surface area contributed by atoms with E-state index in [1.165, 1.54) is 70.6 Å². The van der Waals surface area contributed by atoms with Crippen LogP contribution in [0.3, 0.4) is 0 Å². The van der Waals surface area contributed by atoms with Crippen LogP contribution in [0.15, 0.2) is 0 Å². The molecular weight excluding hydrogens is 691 g/mol. The zero-order valence-corrected chi connectivity index (χ0v) is 37.3. The Bertz CT molecular complexity index is 871. The summed E-state index contributed by atoms with van der Waals surface area (Å²) < 4.78 is 17.3. The maximum Gasteiger partial charge on any atom is 0.409 e. The van der Waals surface area contributed by atoms with Gasteiger partial charge >= 0.3 is 18.0 Å². The fourth-order valence-electron chi connectivity index (χ4n) is 7.01. The van der Waals surface area contributed by atoms with Crippen molar-refractivity contribution in [3.8, 4) is 0 Å². The molecule has 55 heavy (non-hydrogen) atoms. The number of ether oxygens (including phenoxy) is 3. The van der Waals surface area contributed by atoms with E-state index in [4.69, 9.17) is 14.2 Å². The van der Waals surface area contributed by atoms with Crippen molar-refractivity contribution in [3.05, 3.63) is 0 Å². The third-order valence-corrected chi connectivity index (χ3v) is 10.9. The molecule has 0 aromatic rings. The molecule has 9 heteroatoms. The zero-order valence-electron chi connectivity index (χ0n) is 37.3. The van der Waals surface area contributed by atoms with Crippen LogP contribution in [0, 0.1) is 5.92 Å². The lowest BCUT2D eigenvalue weighted by atomic mass is 9.94. The molecule has 9 nitrogen and oxygen atoms in total. The Morgan fingerprint density at radius 1 is 0.418 bits per heavy atom. The summed E-state index contributed by atoms with van der Waals surface area (Å²) in [6.45, 7) is 20.7. The molecule has 0 heterocycles. The molecule has 0 aliphatic carbocycles. The highest BCUT2D eigenvalue weighted by atomic mass is 16.6. The van der Waals surface area contributed by atoms with Gasteiger partial charge in [-0.2, -0.15) is 0 Å². The summed E-state index contributed by atoms with van der Waals surface area (Å²) in [4.78, 5) is 45.3. The van der Waals surface area contributed by atoms with Gasteiger partial charge in [0.25, 0.3) is 0 Å². The van der Waals surface area contributed by atoms with Gasteiger partial charge < -0.3 is 24.0 Å². The molecule has 0 aromatic heterocycles. The molecule has 0 radical (unpaired) electrons.